The lowest BCUT2D eigenvalue weighted by molar-refractivity contribution is -0.201. The van der Waals surface area contributed by atoms with Gasteiger partial charge in [-0.15, -0.1) is 0 Å². The fraction of sp³-hybridized carbons (Fsp3) is 0.500. The molecule has 5 rings (SSSR count). The van der Waals surface area contributed by atoms with Crippen LogP contribution in [0.2, 0.25) is 0 Å². The number of likely N-dealkylation sites (tertiary alicyclic amines) is 1. The van der Waals surface area contributed by atoms with Gasteiger partial charge in [0.2, 0.25) is 0 Å². The number of rotatable bonds is 6. The maximum atomic E-state index is 13.2. The lowest BCUT2D eigenvalue weighted by Crippen LogP contribution is -2.62. The Bertz CT molecular complexity index is 900. The Hall–Kier alpha value is -2.37. The van der Waals surface area contributed by atoms with Gasteiger partial charge in [0.25, 0.3) is 5.91 Å². The molecule has 31 heavy (non-hydrogen) atoms. The fourth-order valence-electron chi connectivity index (χ4n) is 5.08. The number of nitrogens with zero attached hydrogens (tertiary/aromatic N) is 2. The van der Waals surface area contributed by atoms with Crippen LogP contribution in [-0.4, -0.2) is 60.2 Å². The van der Waals surface area contributed by atoms with E-state index in [2.05, 4.69) is 52.3 Å². The number of piperidine rings is 1. The fourth-order valence-corrected chi connectivity index (χ4v) is 5.08. The van der Waals surface area contributed by atoms with Crippen molar-refractivity contribution in [3.63, 3.8) is 0 Å². The topological polar surface area (TPSA) is 42.0 Å². The summed E-state index contributed by atoms with van der Waals surface area (Å²) in [6, 6.07) is 18.7. The van der Waals surface area contributed by atoms with E-state index in [1.165, 1.54) is 5.56 Å². The van der Waals surface area contributed by atoms with Gasteiger partial charge in [0.15, 0.2) is 0 Å². The number of ether oxygens (including phenoxy) is 2. The number of carbonyl (C=O) groups excluding carboxylic acids is 1. The minimum absolute atomic E-state index is 0.181. The maximum absolute atomic E-state index is 13.2. The van der Waals surface area contributed by atoms with Crippen molar-refractivity contribution in [1.82, 2.24) is 9.80 Å². The smallest absolute Gasteiger partial charge is 0.255 e. The van der Waals surface area contributed by atoms with Crippen molar-refractivity contribution >= 4 is 5.91 Å². The Kier molecular flexibility index (Phi) is 5.49. The lowest BCUT2D eigenvalue weighted by atomic mass is 9.87. The van der Waals surface area contributed by atoms with Crippen LogP contribution >= 0.6 is 0 Å². The molecule has 1 amide bonds. The van der Waals surface area contributed by atoms with Gasteiger partial charge in [-0.05, 0) is 55.4 Å². The zero-order chi connectivity index (χ0) is 21.3. The third kappa shape index (κ3) is 4.35. The molecule has 2 aliphatic heterocycles. The van der Waals surface area contributed by atoms with Gasteiger partial charge in [-0.2, -0.15) is 0 Å². The van der Waals surface area contributed by atoms with Gasteiger partial charge < -0.3 is 19.3 Å². The molecule has 2 saturated heterocycles. The van der Waals surface area contributed by atoms with E-state index in [4.69, 9.17) is 9.47 Å². The molecule has 0 unspecified atom stereocenters. The zero-order valence-corrected chi connectivity index (χ0v) is 18.4. The Morgan fingerprint density at radius 2 is 1.65 bits per heavy atom. The first-order chi connectivity index (χ1) is 15.1. The first kappa shape index (κ1) is 20.5. The largest absolute Gasteiger partial charge is 0.497 e. The first-order valence-corrected chi connectivity index (χ1v) is 11.5. The van der Waals surface area contributed by atoms with E-state index in [0.717, 1.165) is 63.1 Å². The Morgan fingerprint density at radius 1 is 0.935 bits per heavy atom. The number of carbonyl (C=O) groups is 1. The Balaban J connectivity index is 1.22. The van der Waals surface area contributed by atoms with Crippen molar-refractivity contribution < 1.29 is 14.3 Å². The second-order valence-corrected chi connectivity index (χ2v) is 9.37. The van der Waals surface area contributed by atoms with E-state index >= 15 is 0 Å². The van der Waals surface area contributed by atoms with Crippen LogP contribution in [0.3, 0.4) is 0 Å². The van der Waals surface area contributed by atoms with E-state index in [9.17, 15) is 4.79 Å². The van der Waals surface area contributed by atoms with Crippen LogP contribution in [0.25, 0.3) is 0 Å². The van der Waals surface area contributed by atoms with Gasteiger partial charge in [-0.3, -0.25) is 4.79 Å². The van der Waals surface area contributed by atoms with Crippen LogP contribution in [0.15, 0.2) is 54.6 Å². The lowest BCUT2D eigenvalue weighted by Gasteiger charge is -2.50. The summed E-state index contributed by atoms with van der Waals surface area (Å²) in [6.45, 7) is 4.50. The molecule has 2 aromatic rings. The molecular formula is C26H32N2O3. The van der Waals surface area contributed by atoms with Gasteiger partial charge in [0.05, 0.1) is 19.3 Å². The van der Waals surface area contributed by atoms with Gasteiger partial charge in [0, 0.05) is 26.2 Å². The minimum atomic E-state index is -0.545. The number of methoxy groups -OCH3 is 1. The quantitative estimate of drug-likeness (QED) is 0.715. The number of morpholine rings is 1. The highest BCUT2D eigenvalue weighted by molar-refractivity contribution is 5.89. The van der Waals surface area contributed by atoms with Crippen LogP contribution in [0.1, 0.15) is 36.8 Å². The predicted molar refractivity (Wildman–Crippen MR) is 120 cm³/mol. The van der Waals surface area contributed by atoms with Gasteiger partial charge in [-0.1, -0.05) is 42.5 Å². The molecular weight excluding hydrogens is 388 g/mol. The highest BCUT2D eigenvalue weighted by Crippen LogP contribution is 2.50. The first-order valence-electron chi connectivity index (χ1n) is 11.5. The highest BCUT2D eigenvalue weighted by Gasteiger charge is 2.61. The van der Waals surface area contributed by atoms with Crippen molar-refractivity contribution in [1.29, 1.82) is 0 Å². The van der Waals surface area contributed by atoms with Gasteiger partial charge in [-0.25, -0.2) is 0 Å². The maximum Gasteiger partial charge on any atom is 0.255 e. The third-order valence-corrected chi connectivity index (χ3v) is 7.13. The molecule has 1 saturated carbocycles. The molecule has 2 spiro atoms. The van der Waals surface area contributed by atoms with E-state index < -0.39 is 5.60 Å². The molecule has 3 aliphatic rings. The number of hydrogen-bond donors (Lipinski definition) is 0. The van der Waals surface area contributed by atoms with Crippen LogP contribution < -0.4 is 4.74 Å². The summed E-state index contributed by atoms with van der Waals surface area (Å²) in [6.07, 6.45) is 4.81. The predicted octanol–water partition coefficient (Wildman–Crippen LogP) is 3.66. The molecule has 3 fully saturated rings. The number of hydrogen-bond acceptors (Lipinski definition) is 4. The zero-order valence-electron chi connectivity index (χ0n) is 18.4. The molecule has 2 aromatic carbocycles. The molecule has 0 radical (unpaired) electrons. The van der Waals surface area contributed by atoms with Crippen molar-refractivity contribution in [2.75, 3.05) is 33.3 Å². The Labute approximate surface area is 184 Å². The molecule has 0 bridgehead atoms. The minimum Gasteiger partial charge on any atom is -0.497 e. The second kappa shape index (κ2) is 8.29. The molecule has 5 nitrogen and oxygen atoms in total. The van der Waals surface area contributed by atoms with Crippen molar-refractivity contribution in [3.8, 4) is 5.75 Å². The van der Waals surface area contributed by atoms with E-state index in [1.807, 2.05) is 12.1 Å². The second-order valence-electron chi connectivity index (χ2n) is 9.37. The Morgan fingerprint density at radius 3 is 2.29 bits per heavy atom. The highest BCUT2D eigenvalue weighted by atomic mass is 16.5. The van der Waals surface area contributed by atoms with Gasteiger partial charge in [0.1, 0.15) is 11.4 Å². The normalized spacial score (nSPS) is 22.1. The van der Waals surface area contributed by atoms with Crippen LogP contribution in [-0.2, 0) is 22.5 Å². The third-order valence-electron chi connectivity index (χ3n) is 7.13. The molecule has 164 valence electrons. The molecule has 2 heterocycles. The number of amides is 1. The van der Waals surface area contributed by atoms with Crippen LogP contribution in [0.4, 0.5) is 0 Å². The molecule has 0 N–H and O–H groups in total. The van der Waals surface area contributed by atoms with Crippen LogP contribution in [0.5, 0.6) is 5.75 Å². The summed E-state index contributed by atoms with van der Waals surface area (Å²) in [5.74, 6) is 1.02. The molecule has 0 aromatic heterocycles. The molecule has 1 aliphatic carbocycles. The van der Waals surface area contributed by atoms with Crippen LogP contribution in [0, 0.1) is 0 Å². The molecule has 5 heteroatoms. The summed E-state index contributed by atoms with van der Waals surface area (Å²) < 4.78 is 11.9. The van der Waals surface area contributed by atoms with E-state index in [0.29, 0.717) is 13.1 Å². The molecule has 0 atom stereocenters. The summed E-state index contributed by atoms with van der Waals surface area (Å²) in [5, 5.41) is 0. The summed E-state index contributed by atoms with van der Waals surface area (Å²) in [7, 11) is 1.67. The average Bonchev–Trinajstić information content (AvgIpc) is 3.58. The van der Waals surface area contributed by atoms with Crippen molar-refractivity contribution in [2.45, 2.75) is 49.9 Å². The summed E-state index contributed by atoms with van der Waals surface area (Å²) >= 11 is 0. The van der Waals surface area contributed by atoms with Crippen molar-refractivity contribution in [2.24, 2.45) is 0 Å². The van der Waals surface area contributed by atoms with Gasteiger partial charge >= 0.3 is 0 Å². The average molecular weight is 421 g/mol. The summed E-state index contributed by atoms with van der Waals surface area (Å²) in [4.78, 5) is 17.8. The SMILES string of the molecule is COc1ccc(CN2CC3(CCN(CCc4ccccc4)CC3)OC3(CC3)C2=O)cc1. The standard InChI is InChI=1S/C26H32N2O3/c1-30-23-9-7-22(8-10-23)19-28-20-25(31-26(12-13-26)24(28)29)14-17-27(18-15-25)16-11-21-5-3-2-4-6-21/h2-10H,11-20H2,1H3. The van der Waals surface area contributed by atoms with Crippen molar-refractivity contribution in [3.05, 3.63) is 65.7 Å². The summed E-state index contributed by atoms with van der Waals surface area (Å²) in [5.41, 5.74) is 1.80. The number of benzene rings is 2. The van der Waals surface area contributed by atoms with E-state index in [-0.39, 0.29) is 11.5 Å². The monoisotopic (exact) mass is 420 g/mol. The van der Waals surface area contributed by atoms with E-state index in [1.54, 1.807) is 7.11 Å².